The number of sulfonamides is 1. The van der Waals surface area contributed by atoms with Crippen molar-refractivity contribution < 1.29 is 13.2 Å². The summed E-state index contributed by atoms with van der Waals surface area (Å²) >= 11 is 0. The molecule has 126 valence electrons. The highest BCUT2D eigenvalue weighted by Crippen LogP contribution is 2.32. The Bertz CT molecular complexity index is 977. The van der Waals surface area contributed by atoms with Gasteiger partial charge in [-0.3, -0.25) is 4.79 Å². The number of benzene rings is 2. The normalized spacial score (nSPS) is 17.4. The topological polar surface area (TPSA) is 104 Å². The van der Waals surface area contributed by atoms with Crippen LogP contribution >= 0.6 is 0 Å². The second-order valence-electron chi connectivity index (χ2n) is 5.54. The van der Waals surface area contributed by atoms with Gasteiger partial charge in [-0.2, -0.15) is 5.26 Å². The van der Waals surface area contributed by atoms with Crippen LogP contribution in [-0.2, 0) is 10.0 Å². The molecule has 0 aliphatic carbocycles. The van der Waals surface area contributed by atoms with Crippen LogP contribution in [0, 0.1) is 17.2 Å². The minimum Gasteiger partial charge on any atom is -0.384 e. The summed E-state index contributed by atoms with van der Waals surface area (Å²) in [6.07, 6.45) is 0. The molecule has 3 rings (SSSR count). The van der Waals surface area contributed by atoms with Gasteiger partial charge in [0.15, 0.2) is 5.78 Å². The molecule has 25 heavy (non-hydrogen) atoms. The molecule has 1 heterocycles. The van der Waals surface area contributed by atoms with Gasteiger partial charge in [0.2, 0.25) is 0 Å². The summed E-state index contributed by atoms with van der Waals surface area (Å²) in [5.41, 5.74) is 6.30. The van der Waals surface area contributed by atoms with Gasteiger partial charge in [-0.1, -0.05) is 48.5 Å². The van der Waals surface area contributed by atoms with Crippen LogP contribution in [0.5, 0.6) is 0 Å². The summed E-state index contributed by atoms with van der Waals surface area (Å²) in [6.45, 7) is -0.181. The number of nitrogens with two attached hydrogens (primary N) is 1. The lowest BCUT2D eigenvalue weighted by atomic mass is 9.93. The summed E-state index contributed by atoms with van der Waals surface area (Å²) in [4.78, 5) is 12.8. The maximum Gasteiger partial charge on any atom is 0.265 e. The number of rotatable bonds is 4. The van der Waals surface area contributed by atoms with Crippen LogP contribution in [0.3, 0.4) is 0 Å². The van der Waals surface area contributed by atoms with Crippen molar-refractivity contribution in [3.63, 3.8) is 0 Å². The molecule has 2 N–H and O–H groups in total. The summed E-state index contributed by atoms with van der Waals surface area (Å²) < 4.78 is 26.5. The van der Waals surface area contributed by atoms with Crippen LogP contribution < -0.4 is 5.73 Å². The molecule has 1 atom stereocenters. The molecule has 2 aromatic carbocycles. The molecular formula is C18H15N3O3S. The predicted octanol–water partition coefficient (Wildman–Crippen LogP) is 1.88. The Morgan fingerprint density at radius 2 is 1.64 bits per heavy atom. The van der Waals surface area contributed by atoms with Gasteiger partial charge in [-0.15, -0.1) is 0 Å². The summed E-state index contributed by atoms with van der Waals surface area (Å²) in [6, 6.07) is 18.1. The predicted molar refractivity (Wildman–Crippen MR) is 91.4 cm³/mol. The molecule has 0 bridgehead atoms. The molecule has 0 spiro atoms. The van der Waals surface area contributed by atoms with Gasteiger partial charge in [-0.05, 0) is 12.1 Å². The maximum absolute atomic E-state index is 12.8. The van der Waals surface area contributed by atoms with Gasteiger partial charge in [-0.25, -0.2) is 12.7 Å². The van der Waals surface area contributed by atoms with Crippen molar-refractivity contribution >= 4 is 15.8 Å². The largest absolute Gasteiger partial charge is 0.384 e. The van der Waals surface area contributed by atoms with Crippen molar-refractivity contribution in [2.45, 2.75) is 4.90 Å². The van der Waals surface area contributed by atoms with E-state index < -0.39 is 15.9 Å². The molecule has 6 nitrogen and oxygen atoms in total. The SMILES string of the molecule is N#CC1=C(N)N(S(=O)(=O)c2ccccc2)CC1C(=O)c1ccccc1. The smallest absolute Gasteiger partial charge is 0.265 e. The molecule has 0 saturated carbocycles. The quantitative estimate of drug-likeness (QED) is 0.845. The molecule has 1 aliphatic rings. The first kappa shape index (κ1) is 16.7. The summed E-state index contributed by atoms with van der Waals surface area (Å²) in [5.74, 6) is -1.43. The molecule has 0 aromatic heterocycles. The third kappa shape index (κ3) is 2.88. The van der Waals surface area contributed by atoms with Gasteiger partial charge >= 0.3 is 0 Å². The highest BCUT2D eigenvalue weighted by molar-refractivity contribution is 7.89. The lowest BCUT2D eigenvalue weighted by molar-refractivity contribution is 0.0942. The second-order valence-corrected chi connectivity index (χ2v) is 7.41. The van der Waals surface area contributed by atoms with E-state index in [2.05, 4.69) is 0 Å². The first-order valence-electron chi connectivity index (χ1n) is 7.53. The zero-order chi connectivity index (χ0) is 18.0. The highest BCUT2D eigenvalue weighted by atomic mass is 32.2. The molecule has 1 unspecified atom stereocenters. The van der Waals surface area contributed by atoms with E-state index in [1.807, 2.05) is 6.07 Å². The zero-order valence-electron chi connectivity index (χ0n) is 13.2. The van der Waals surface area contributed by atoms with E-state index >= 15 is 0 Å². The Balaban J connectivity index is 2.00. The van der Waals surface area contributed by atoms with Crippen LogP contribution in [0.4, 0.5) is 0 Å². The van der Waals surface area contributed by atoms with Crippen molar-refractivity contribution in [1.82, 2.24) is 4.31 Å². The Labute approximate surface area is 145 Å². The van der Waals surface area contributed by atoms with E-state index in [-0.39, 0.29) is 28.6 Å². The minimum atomic E-state index is -3.93. The van der Waals surface area contributed by atoms with E-state index in [1.165, 1.54) is 12.1 Å². The Kier molecular flexibility index (Phi) is 4.30. The van der Waals surface area contributed by atoms with Crippen molar-refractivity contribution in [3.8, 4) is 6.07 Å². The number of hydrogen-bond acceptors (Lipinski definition) is 5. The van der Waals surface area contributed by atoms with Crippen molar-refractivity contribution in [3.05, 3.63) is 77.6 Å². The number of carbonyl (C=O) groups is 1. The average Bonchev–Trinajstić information content (AvgIpc) is 2.99. The first-order chi connectivity index (χ1) is 12.0. The number of nitrogens with zero attached hydrogens (tertiary/aromatic N) is 2. The molecule has 0 saturated heterocycles. The van der Waals surface area contributed by atoms with Crippen LogP contribution in [0.25, 0.3) is 0 Å². The number of hydrogen-bond donors (Lipinski definition) is 1. The van der Waals surface area contributed by atoms with Gasteiger partial charge in [0.05, 0.1) is 29.0 Å². The number of Topliss-reactive ketones (excluding diaryl/α,β-unsaturated/α-hetero) is 1. The molecule has 0 amide bonds. The van der Waals surface area contributed by atoms with Gasteiger partial charge in [0, 0.05) is 5.56 Å². The van der Waals surface area contributed by atoms with E-state index in [9.17, 15) is 18.5 Å². The standard InChI is InChI=1S/C18H15N3O3S/c19-11-15-16(17(22)13-7-3-1-4-8-13)12-21(18(15)20)25(23,24)14-9-5-2-6-10-14/h1-10,16H,12,20H2. The molecule has 7 heteroatoms. The number of ketones is 1. The Morgan fingerprint density at radius 3 is 2.20 bits per heavy atom. The molecule has 0 radical (unpaired) electrons. The van der Waals surface area contributed by atoms with Crippen molar-refractivity contribution in [1.29, 1.82) is 5.26 Å². The molecule has 0 fully saturated rings. The highest BCUT2D eigenvalue weighted by Gasteiger charge is 2.41. The zero-order valence-corrected chi connectivity index (χ0v) is 14.0. The molecular weight excluding hydrogens is 338 g/mol. The monoisotopic (exact) mass is 353 g/mol. The number of carbonyl (C=O) groups excluding carboxylic acids is 1. The molecule has 1 aliphatic heterocycles. The van der Waals surface area contributed by atoms with E-state index in [0.29, 0.717) is 5.56 Å². The fraction of sp³-hybridized carbons (Fsp3) is 0.111. The van der Waals surface area contributed by atoms with Crippen molar-refractivity contribution in [2.75, 3.05) is 6.54 Å². The Morgan fingerprint density at radius 1 is 1.08 bits per heavy atom. The average molecular weight is 353 g/mol. The van der Waals surface area contributed by atoms with Crippen LogP contribution in [-0.4, -0.2) is 25.1 Å². The van der Waals surface area contributed by atoms with Crippen LogP contribution in [0.1, 0.15) is 10.4 Å². The third-order valence-corrected chi connectivity index (χ3v) is 5.86. The van der Waals surface area contributed by atoms with Crippen LogP contribution in [0.15, 0.2) is 77.0 Å². The lowest BCUT2D eigenvalue weighted by Crippen LogP contribution is -2.33. The summed E-state index contributed by atoms with van der Waals surface area (Å²) in [7, 11) is -3.93. The second kappa shape index (κ2) is 6.42. The van der Waals surface area contributed by atoms with Crippen molar-refractivity contribution in [2.24, 2.45) is 11.7 Å². The van der Waals surface area contributed by atoms with Gasteiger partial charge < -0.3 is 5.73 Å². The maximum atomic E-state index is 12.8. The lowest BCUT2D eigenvalue weighted by Gasteiger charge is -2.20. The summed E-state index contributed by atoms with van der Waals surface area (Å²) in [5, 5.41) is 9.40. The first-order valence-corrected chi connectivity index (χ1v) is 8.97. The number of nitriles is 1. The van der Waals surface area contributed by atoms with E-state index in [1.54, 1.807) is 48.5 Å². The Hall–Kier alpha value is -3.11. The fourth-order valence-electron chi connectivity index (χ4n) is 2.77. The van der Waals surface area contributed by atoms with Gasteiger partial charge in [0.25, 0.3) is 10.0 Å². The third-order valence-electron chi connectivity index (χ3n) is 4.07. The fourth-order valence-corrected chi connectivity index (χ4v) is 4.23. The molecule has 2 aromatic rings. The van der Waals surface area contributed by atoms with Crippen LogP contribution in [0.2, 0.25) is 0 Å². The van der Waals surface area contributed by atoms with Gasteiger partial charge in [0.1, 0.15) is 5.82 Å². The van der Waals surface area contributed by atoms with E-state index in [4.69, 9.17) is 5.73 Å². The van der Waals surface area contributed by atoms with E-state index in [0.717, 1.165) is 4.31 Å². The minimum absolute atomic E-state index is 0.0200.